The fourth-order valence-electron chi connectivity index (χ4n) is 3.45. The zero-order valence-corrected chi connectivity index (χ0v) is 17.1. The van der Waals surface area contributed by atoms with Gasteiger partial charge in [-0.1, -0.05) is 37.3 Å². The maximum absolute atomic E-state index is 12.7. The van der Waals surface area contributed by atoms with Crippen molar-refractivity contribution >= 4 is 29.0 Å². The van der Waals surface area contributed by atoms with Crippen molar-refractivity contribution in [1.82, 2.24) is 0 Å². The molecule has 1 aliphatic rings. The van der Waals surface area contributed by atoms with E-state index in [4.69, 9.17) is 9.47 Å². The maximum atomic E-state index is 12.7. The van der Waals surface area contributed by atoms with Crippen LogP contribution in [0.15, 0.2) is 48.5 Å². The summed E-state index contributed by atoms with van der Waals surface area (Å²) in [4.78, 5) is 49.6. The van der Waals surface area contributed by atoms with E-state index in [1.54, 1.807) is 37.3 Å². The Kier molecular flexibility index (Phi) is 6.64. The van der Waals surface area contributed by atoms with Crippen molar-refractivity contribution in [2.75, 3.05) is 18.6 Å². The van der Waals surface area contributed by atoms with Crippen molar-refractivity contribution in [1.29, 1.82) is 0 Å². The van der Waals surface area contributed by atoms with Gasteiger partial charge in [0.05, 0.1) is 29.7 Å². The molecule has 31 heavy (non-hydrogen) atoms. The molecule has 162 valence electrons. The lowest BCUT2D eigenvalue weighted by Crippen LogP contribution is -2.31. The first kappa shape index (κ1) is 21.9. The van der Waals surface area contributed by atoms with E-state index in [0.717, 1.165) is 0 Å². The molecule has 2 atom stereocenters. The van der Waals surface area contributed by atoms with Crippen molar-refractivity contribution in [3.8, 4) is 5.75 Å². The van der Waals surface area contributed by atoms with Gasteiger partial charge in [-0.3, -0.25) is 24.5 Å². The number of esters is 1. The number of carbonyl (C=O) groups is 3. The Balaban J connectivity index is 1.73. The van der Waals surface area contributed by atoms with Crippen LogP contribution in [0.5, 0.6) is 5.75 Å². The summed E-state index contributed by atoms with van der Waals surface area (Å²) in [7, 11) is 1.34. The number of carbonyl (C=O) groups excluding carboxylic acids is 3. The molecule has 0 aliphatic carbocycles. The number of nitro groups is 1. The molecule has 9 heteroatoms. The van der Waals surface area contributed by atoms with Gasteiger partial charge in [-0.25, -0.2) is 0 Å². The number of benzene rings is 2. The molecule has 9 nitrogen and oxygen atoms in total. The van der Waals surface area contributed by atoms with Crippen molar-refractivity contribution in [3.63, 3.8) is 0 Å². The standard InChI is InChI=1S/C22H22N2O7/c1-3-18(21(26)14-7-5-4-6-8-14)31-22(27)15-11-20(25)23(13-15)17-10-9-16(24(28)29)12-19(17)30-2/h4-10,12,15,18H,3,11,13H2,1-2H3/t15-,18-/m1/s1. The summed E-state index contributed by atoms with van der Waals surface area (Å²) in [6.45, 7) is 1.77. The zero-order valence-electron chi connectivity index (χ0n) is 17.1. The van der Waals surface area contributed by atoms with Crippen molar-refractivity contribution in [3.05, 3.63) is 64.2 Å². The molecule has 1 heterocycles. The third-order valence-corrected chi connectivity index (χ3v) is 5.10. The van der Waals surface area contributed by atoms with Crippen LogP contribution in [0.4, 0.5) is 11.4 Å². The number of anilines is 1. The van der Waals surface area contributed by atoms with Gasteiger partial charge in [-0.2, -0.15) is 0 Å². The van der Waals surface area contributed by atoms with Gasteiger partial charge in [0.15, 0.2) is 6.10 Å². The van der Waals surface area contributed by atoms with Crippen molar-refractivity contribution in [2.45, 2.75) is 25.9 Å². The lowest BCUT2D eigenvalue weighted by Gasteiger charge is -2.20. The normalized spacial score (nSPS) is 16.6. The summed E-state index contributed by atoms with van der Waals surface area (Å²) in [5.41, 5.74) is 0.608. The van der Waals surface area contributed by atoms with E-state index >= 15 is 0 Å². The van der Waals surface area contributed by atoms with E-state index in [1.807, 2.05) is 0 Å². The highest BCUT2D eigenvalue weighted by molar-refractivity contribution is 6.02. The quantitative estimate of drug-likeness (QED) is 0.275. The number of rotatable bonds is 8. The van der Waals surface area contributed by atoms with E-state index in [0.29, 0.717) is 17.7 Å². The van der Waals surface area contributed by atoms with Crippen LogP contribution in [0.1, 0.15) is 30.1 Å². The number of ketones is 1. The first-order chi connectivity index (χ1) is 14.8. The third kappa shape index (κ3) is 4.71. The molecule has 1 aliphatic heterocycles. The van der Waals surface area contributed by atoms with E-state index in [2.05, 4.69) is 0 Å². The van der Waals surface area contributed by atoms with Crippen LogP contribution >= 0.6 is 0 Å². The van der Waals surface area contributed by atoms with Crippen LogP contribution in [0.25, 0.3) is 0 Å². The number of hydrogen-bond acceptors (Lipinski definition) is 7. The summed E-state index contributed by atoms with van der Waals surface area (Å²) in [5.74, 6) is -1.87. The Morgan fingerprint density at radius 2 is 1.94 bits per heavy atom. The highest BCUT2D eigenvalue weighted by atomic mass is 16.6. The second-order valence-corrected chi connectivity index (χ2v) is 7.08. The van der Waals surface area contributed by atoms with Gasteiger partial charge >= 0.3 is 5.97 Å². The fourth-order valence-corrected chi connectivity index (χ4v) is 3.45. The van der Waals surface area contributed by atoms with Crippen molar-refractivity contribution < 1.29 is 28.8 Å². The molecule has 1 saturated heterocycles. The monoisotopic (exact) mass is 426 g/mol. The van der Waals surface area contributed by atoms with E-state index in [-0.39, 0.29) is 36.1 Å². The molecule has 1 fully saturated rings. The summed E-state index contributed by atoms with van der Waals surface area (Å²) in [5, 5.41) is 11.0. The molecule has 0 saturated carbocycles. The Labute approximate surface area is 178 Å². The molecular weight excluding hydrogens is 404 g/mol. The van der Waals surface area contributed by atoms with Gasteiger partial charge in [0.1, 0.15) is 5.75 Å². The first-order valence-corrected chi connectivity index (χ1v) is 9.78. The highest BCUT2D eigenvalue weighted by Gasteiger charge is 2.39. The molecular formula is C22H22N2O7. The Hall–Kier alpha value is -3.75. The molecule has 2 aromatic rings. The first-order valence-electron chi connectivity index (χ1n) is 9.78. The van der Waals surface area contributed by atoms with Crippen LogP contribution < -0.4 is 9.64 Å². The van der Waals surface area contributed by atoms with Gasteiger partial charge in [-0.15, -0.1) is 0 Å². The zero-order chi connectivity index (χ0) is 22.5. The summed E-state index contributed by atoms with van der Waals surface area (Å²) in [6.07, 6.45) is -0.720. The maximum Gasteiger partial charge on any atom is 0.312 e. The number of non-ortho nitro benzene ring substituents is 1. The molecule has 0 radical (unpaired) electrons. The molecule has 0 aromatic heterocycles. The van der Waals surface area contributed by atoms with Gasteiger partial charge in [0, 0.05) is 24.6 Å². The predicted molar refractivity (Wildman–Crippen MR) is 111 cm³/mol. The van der Waals surface area contributed by atoms with E-state index in [9.17, 15) is 24.5 Å². The second kappa shape index (κ2) is 9.38. The molecule has 2 aromatic carbocycles. The SMILES string of the molecule is CC[C@@H](OC(=O)[C@@H]1CC(=O)N(c2ccc([N+](=O)[O-])cc2OC)C1)C(=O)c1ccccc1. The minimum absolute atomic E-state index is 0.0296. The molecule has 0 N–H and O–H groups in total. The van der Waals surface area contributed by atoms with Gasteiger partial charge in [0.2, 0.25) is 11.7 Å². The lowest BCUT2D eigenvalue weighted by atomic mass is 10.0. The number of hydrogen-bond donors (Lipinski definition) is 0. The van der Waals surface area contributed by atoms with Crippen LogP contribution in [-0.4, -0.2) is 42.3 Å². The number of methoxy groups -OCH3 is 1. The number of nitro benzene ring substituents is 1. The summed E-state index contributed by atoms with van der Waals surface area (Å²) in [6, 6.07) is 12.5. The van der Waals surface area contributed by atoms with Gasteiger partial charge in [-0.05, 0) is 12.5 Å². The lowest BCUT2D eigenvalue weighted by molar-refractivity contribution is -0.384. The summed E-state index contributed by atoms with van der Waals surface area (Å²) >= 11 is 0. The average Bonchev–Trinajstić information content (AvgIpc) is 3.18. The minimum atomic E-state index is -0.937. The second-order valence-electron chi connectivity index (χ2n) is 7.08. The molecule has 3 rings (SSSR count). The minimum Gasteiger partial charge on any atom is -0.494 e. The van der Waals surface area contributed by atoms with E-state index < -0.39 is 22.9 Å². The third-order valence-electron chi connectivity index (χ3n) is 5.10. The van der Waals surface area contributed by atoms with Crippen LogP contribution in [0.2, 0.25) is 0 Å². The number of nitrogens with zero attached hydrogens (tertiary/aromatic N) is 2. The van der Waals surface area contributed by atoms with Gasteiger partial charge in [0.25, 0.3) is 5.69 Å². The number of Topliss-reactive ketones (excluding diaryl/α,β-unsaturated/α-hetero) is 1. The number of ether oxygens (including phenoxy) is 2. The predicted octanol–water partition coefficient (Wildman–Crippen LogP) is 3.16. The summed E-state index contributed by atoms with van der Waals surface area (Å²) < 4.78 is 10.6. The fraction of sp³-hybridized carbons (Fsp3) is 0.318. The topological polar surface area (TPSA) is 116 Å². The van der Waals surface area contributed by atoms with Crippen LogP contribution in [0, 0.1) is 16.0 Å². The highest BCUT2D eigenvalue weighted by Crippen LogP contribution is 2.36. The number of amides is 1. The van der Waals surface area contributed by atoms with E-state index in [1.165, 1.54) is 30.2 Å². The van der Waals surface area contributed by atoms with Crippen LogP contribution in [0.3, 0.4) is 0 Å². The van der Waals surface area contributed by atoms with Crippen LogP contribution in [-0.2, 0) is 14.3 Å². The van der Waals surface area contributed by atoms with Crippen molar-refractivity contribution in [2.24, 2.45) is 5.92 Å². The smallest absolute Gasteiger partial charge is 0.312 e. The molecule has 0 unspecified atom stereocenters. The molecule has 0 bridgehead atoms. The average molecular weight is 426 g/mol. The Bertz CT molecular complexity index is 1010. The van der Waals surface area contributed by atoms with Gasteiger partial charge < -0.3 is 14.4 Å². The largest absolute Gasteiger partial charge is 0.494 e. The molecule has 1 amide bonds. The Morgan fingerprint density at radius 1 is 1.23 bits per heavy atom. The molecule has 0 spiro atoms. The Morgan fingerprint density at radius 3 is 2.55 bits per heavy atom.